The van der Waals surface area contributed by atoms with E-state index in [4.69, 9.17) is 17.3 Å². The van der Waals surface area contributed by atoms with Crippen molar-refractivity contribution >= 4 is 28.9 Å². The summed E-state index contributed by atoms with van der Waals surface area (Å²) in [6.07, 6.45) is 3.43. The van der Waals surface area contributed by atoms with Gasteiger partial charge >= 0.3 is 0 Å². The molecule has 1 aromatic carbocycles. The molecule has 3 N–H and O–H groups in total. The lowest BCUT2D eigenvalue weighted by Crippen LogP contribution is -2.39. The van der Waals surface area contributed by atoms with Gasteiger partial charge in [0, 0.05) is 18.8 Å². The van der Waals surface area contributed by atoms with E-state index in [9.17, 15) is 4.79 Å². The maximum absolute atomic E-state index is 11.9. The van der Waals surface area contributed by atoms with Gasteiger partial charge in [0.05, 0.1) is 17.3 Å². The molecule has 0 unspecified atom stereocenters. The monoisotopic (exact) mass is 267 g/mol. The van der Waals surface area contributed by atoms with E-state index in [1.807, 2.05) is 4.90 Å². The summed E-state index contributed by atoms with van der Waals surface area (Å²) in [5.74, 6) is 0.127. The molecule has 1 saturated heterocycles. The maximum atomic E-state index is 11.9. The largest absolute Gasteiger partial charge is 0.399 e. The number of anilines is 2. The van der Waals surface area contributed by atoms with Gasteiger partial charge in [0.2, 0.25) is 5.91 Å². The van der Waals surface area contributed by atoms with Gasteiger partial charge in [-0.15, -0.1) is 0 Å². The standard InChI is InChI=1S/C13H18ClN3O/c14-11-8-10(15)4-5-12(11)16-9-13(18)17-6-2-1-3-7-17/h4-5,8,16H,1-3,6-7,9,15H2. The maximum Gasteiger partial charge on any atom is 0.241 e. The zero-order valence-electron chi connectivity index (χ0n) is 10.3. The minimum atomic E-state index is 0.127. The summed E-state index contributed by atoms with van der Waals surface area (Å²) in [5, 5.41) is 3.60. The SMILES string of the molecule is Nc1ccc(NCC(=O)N2CCCCC2)c(Cl)c1. The molecule has 2 rings (SSSR count). The van der Waals surface area contributed by atoms with Crippen LogP contribution in [0.15, 0.2) is 18.2 Å². The number of piperidine rings is 1. The summed E-state index contributed by atoms with van der Waals surface area (Å²) in [6.45, 7) is 2.02. The highest BCUT2D eigenvalue weighted by molar-refractivity contribution is 6.33. The molecule has 18 heavy (non-hydrogen) atoms. The molecule has 1 heterocycles. The van der Waals surface area contributed by atoms with Crippen molar-refractivity contribution < 1.29 is 4.79 Å². The summed E-state index contributed by atoms with van der Waals surface area (Å²) in [4.78, 5) is 13.8. The highest BCUT2D eigenvalue weighted by Crippen LogP contribution is 2.23. The van der Waals surface area contributed by atoms with Crippen LogP contribution in [0.3, 0.4) is 0 Å². The fraction of sp³-hybridized carbons (Fsp3) is 0.462. The number of nitrogens with zero attached hydrogens (tertiary/aromatic N) is 1. The van der Waals surface area contributed by atoms with E-state index in [2.05, 4.69) is 5.32 Å². The molecule has 1 fully saturated rings. The fourth-order valence-electron chi connectivity index (χ4n) is 2.10. The molecular weight excluding hydrogens is 250 g/mol. The fourth-order valence-corrected chi connectivity index (χ4v) is 2.36. The average molecular weight is 268 g/mol. The third kappa shape index (κ3) is 3.29. The minimum absolute atomic E-state index is 0.127. The Hall–Kier alpha value is -1.42. The molecule has 1 aliphatic rings. The Labute approximate surface area is 112 Å². The normalized spacial score (nSPS) is 15.5. The molecule has 0 radical (unpaired) electrons. The third-order valence-corrected chi connectivity index (χ3v) is 3.44. The lowest BCUT2D eigenvalue weighted by Gasteiger charge is -2.27. The zero-order valence-corrected chi connectivity index (χ0v) is 11.0. The van der Waals surface area contributed by atoms with E-state index < -0.39 is 0 Å². The van der Waals surface area contributed by atoms with Crippen LogP contribution in [-0.2, 0) is 4.79 Å². The summed E-state index contributed by atoms with van der Waals surface area (Å²) >= 11 is 6.03. The smallest absolute Gasteiger partial charge is 0.241 e. The van der Waals surface area contributed by atoms with Crippen LogP contribution in [0.1, 0.15) is 19.3 Å². The molecule has 1 amide bonds. The number of amides is 1. The van der Waals surface area contributed by atoms with E-state index in [0.717, 1.165) is 31.6 Å². The molecule has 0 saturated carbocycles. The first kappa shape index (κ1) is 13.0. The number of benzene rings is 1. The molecular formula is C13H18ClN3O. The molecule has 1 aromatic rings. The van der Waals surface area contributed by atoms with Gasteiger partial charge in [0.15, 0.2) is 0 Å². The first-order chi connectivity index (χ1) is 8.66. The van der Waals surface area contributed by atoms with Gasteiger partial charge in [0.1, 0.15) is 0 Å². The Kier molecular flexibility index (Phi) is 4.31. The zero-order chi connectivity index (χ0) is 13.0. The van der Waals surface area contributed by atoms with Crippen LogP contribution in [0.5, 0.6) is 0 Å². The summed E-state index contributed by atoms with van der Waals surface area (Å²) in [5.41, 5.74) is 6.98. The predicted octanol–water partition coefficient (Wildman–Crippen LogP) is 2.35. The molecule has 0 spiro atoms. The molecule has 98 valence electrons. The summed E-state index contributed by atoms with van der Waals surface area (Å²) in [7, 11) is 0. The van der Waals surface area contributed by atoms with E-state index in [1.54, 1.807) is 18.2 Å². The molecule has 0 atom stereocenters. The first-order valence-electron chi connectivity index (χ1n) is 6.23. The lowest BCUT2D eigenvalue weighted by molar-refractivity contribution is -0.130. The Balaban J connectivity index is 1.88. The quantitative estimate of drug-likeness (QED) is 0.827. The van der Waals surface area contributed by atoms with Crippen molar-refractivity contribution in [1.82, 2.24) is 4.90 Å². The Morgan fingerprint density at radius 2 is 2.06 bits per heavy atom. The number of carbonyl (C=O) groups is 1. The van der Waals surface area contributed by atoms with E-state index in [-0.39, 0.29) is 12.5 Å². The second kappa shape index (κ2) is 5.96. The van der Waals surface area contributed by atoms with Gasteiger partial charge in [-0.2, -0.15) is 0 Å². The number of nitrogen functional groups attached to an aromatic ring is 1. The molecule has 0 aliphatic carbocycles. The average Bonchev–Trinajstić information content (AvgIpc) is 2.38. The van der Waals surface area contributed by atoms with Crippen LogP contribution in [0, 0.1) is 0 Å². The second-order valence-electron chi connectivity index (χ2n) is 4.53. The predicted molar refractivity (Wildman–Crippen MR) is 74.8 cm³/mol. The van der Waals surface area contributed by atoms with E-state index in [0.29, 0.717) is 10.7 Å². The number of nitrogens with one attached hydrogen (secondary N) is 1. The second-order valence-corrected chi connectivity index (χ2v) is 4.94. The lowest BCUT2D eigenvalue weighted by atomic mass is 10.1. The van der Waals surface area contributed by atoms with Crippen molar-refractivity contribution in [2.75, 3.05) is 30.7 Å². The first-order valence-corrected chi connectivity index (χ1v) is 6.61. The van der Waals surface area contributed by atoms with Crippen LogP contribution in [0.4, 0.5) is 11.4 Å². The third-order valence-electron chi connectivity index (χ3n) is 3.13. The summed E-state index contributed by atoms with van der Waals surface area (Å²) < 4.78 is 0. The van der Waals surface area contributed by atoms with Gasteiger partial charge in [-0.3, -0.25) is 4.79 Å². The van der Waals surface area contributed by atoms with Gasteiger partial charge in [-0.1, -0.05) is 11.6 Å². The topological polar surface area (TPSA) is 58.4 Å². The van der Waals surface area contributed by atoms with Crippen LogP contribution < -0.4 is 11.1 Å². The van der Waals surface area contributed by atoms with Gasteiger partial charge < -0.3 is 16.0 Å². The van der Waals surface area contributed by atoms with Gasteiger partial charge in [-0.05, 0) is 37.5 Å². The molecule has 0 bridgehead atoms. The van der Waals surface area contributed by atoms with Crippen LogP contribution in [0.2, 0.25) is 5.02 Å². The Morgan fingerprint density at radius 3 is 2.72 bits per heavy atom. The van der Waals surface area contributed by atoms with Crippen LogP contribution >= 0.6 is 11.6 Å². The highest BCUT2D eigenvalue weighted by atomic mass is 35.5. The van der Waals surface area contributed by atoms with E-state index in [1.165, 1.54) is 6.42 Å². The van der Waals surface area contributed by atoms with Crippen molar-refractivity contribution in [2.45, 2.75) is 19.3 Å². The van der Waals surface area contributed by atoms with Crippen molar-refractivity contribution in [2.24, 2.45) is 0 Å². The number of hydrogen-bond donors (Lipinski definition) is 2. The Bertz CT molecular complexity index is 430. The van der Waals surface area contributed by atoms with Crippen LogP contribution in [-0.4, -0.2) is 30.4 Å². The van der Waals surface area contributed by atoms with Crippen molar-refractivity contribution in [3.8, 4) is 0 Å². The van der Waals surface area contributed by atoms with Crippen molar-refractivity contribution in [3.63, 3.8) is 0 Å². The summed E-state index contributed by atoms with van der Waals surface area (Å²) in [6, 6.07) is 5.23. The molecule has 0 aromatic heterocycles. The molecule has 1 aliphatic heterocycles. The number of rotatable bonds is 3. The Morgan fingerprint density at radius 1 is 1.33 bits per heavy atom. The van der Waals surface area contributed by atoms with Gasteiger partial charge in [-0.25, -0.2) is 0 Å². The minimum Gasteiger partial charge on any atom is -0.399 e. The number of hydrogen-bond acceptors (Lipinski definition) is 3. The molecule has 4 nitrogen and oxygen atoms in total. The number of halogens is 1. The number of nitrogens with two attached hydrogens (primary N) is 1. The molecule has 5 heteroatoms. The number of likely N-dealkylation sites (tertiary alicyclic amines) is 1. The number of carbonyl (C=O) groups excluding carboxylic acids is 1. The van der Waals surface area contributed by atoms with Crippen molar-refractivity contribution in [1.29, 1.82) is 0 Å². The van der Waals surface area contributed by atoms with Crippen molar-refractivity contribution in [3.05, 3.63) is 23.2 Å². The van der Waals surface area contributed by atoms with E-state index >= 15 is 0 Å². The van der Waals surface area contributed by atoms with Crippen LogP contribution in [0.25, 0.3) is 0 Å². The van der Waals surface area contributed by atoms with Gasteiger partial charge in [0.25, 0.3) is 0 Å². The highest BCUT2D eigenvalue weighted by Gasteiger charge is 2.16.